The van der Waals surface area contributed by atoms with Crippen LogP contribution in [0.3, 0.4) is 0 Å². The van der Waals surface area contributed by atoms with Gasteiger partial charge in [-0.2, -0.15) is 0 Å². The SMILES string of the molecule is CC1CCC2(CCCC2O)OC1=O. The van der Waals surface area contributed by atoms with Gasteiger partial charge >= 0.3 is 5.97 Å². The van der Waals surface area contributed by atoms with Gasteiger partial charge in [-0.1, -0.05) is 6.92 Å². The number of ether oxygens (including phenoxy) is 1. The van der Waals surface area contributed by atoms with Crippen LogP contribution in [0.4, 0.5) is 0 Å². The Labute approximate surface area is 78.1 Å². The molecule has 2 fully saturated rings. The molecule has 0 aromatic carbocycles. The standard InChI is InChI=1S/C10H16O3/c1-7-4-6-10(13-9(7)12)5-2-3-8(10)11/h7-8,11H,2-6H2,1H3. The zero-order valence-electron chi connectivity index (χ0n) is 7.95. The molecular weight excluding hydrogens is 168 g/mol. The summed E-state index contributed by atoms with van der Waals surface area (Å²) in [4.78, 5) is 11.4. The number of rotatable bonds is 0. The first-order chi connectivity index (χ1) is 6.14. The fourth-order valence-corrected chi connectivity index (χ4v) is 2.37. The lowest BCUT2D eigenvalue weighted by Gasteiger charge is -2.37. The van der Waals surface area contributed by atoms with E-state index in [0.29, 0.717) is 0 Å². The van der Waals surface area contributed by atoms with E-state index >= 15 is 0 Å². The summed E-state index contributed by atoms with van der Waals surface area (Å²) in [6.07, 6.45) is 3.86. The average Bonchev–Trinajstić information content (AvgIpc) is 2.42. The number of carbonyl (C=O) groups is 1. The van der Waals surface area contributed by atoms with Crippen LogP contribution in [-0.2, 0) is 9.53 Å². The average molecular weight is 184 g/mol. The normalized spacial score (nSPS) is 45.2. The summed E-state index contributed by atoms with van der Waals surface area (Å²) in [6.45, 7) is 1.89. The van der Waals surface area contributed by atoms with Crippen LogP contribution in [0.1, 0.15) is 39.0 Å². The highest BCUT2D eigenvalue weighted by molar-refractivity contribution is 5.73. The predicted octanol–water partition coefficient (Wildman–Crippen LogP) is 1.24. The highest BCUT2D eigenvalue weighted by atomic mass is 16.6. The molecule has 1 heterocycles. The van der Waals surface area contributed by atoms with Gasteiger partial charge in [0.1, 0.15) is 5.60 Å². The van der Waals surface area contributed by atoms with Crippen molar-refractivity contribution in [1.29, 1.82) is 0 Å². The zero-order chi connectivity index (χ0) is 9.47. The maximum absolute atomic E-state index is 11.4. The van der Waals surface area contributed by atoms with Crippen LogP contribution in [0.25, 0.3) is 0 Å². The van der Waals surface area contributed by atoms with E-state index in [0.717, 1.165) is 32.1 Å². The van der Waals surface area contributed by atoms with Gasteiger partial charge in [0.05, 0.1) is 12.0 Å². The Kier molecular flexibility index (Phi) is 2.06. The lowest BCUT2D eigenvalue weighted by Crippen LogP contribution is -2.47. The van der Waals surface area contributed by atoms with E-state index < -0.39 is 11.7 Å². The largest absolute Gasteiger partial charge is 0.456 e. The van der Waals surface area contributed by atoms with Gasteiger partial charge in [-0.05, 0) is 32.1 Å². The molecule has 1 saturated carbocycles. The Morgan fingerprint density at radius 3 is 2.77 bits per heavy atom. The third kappa shape index (κ3) is 1.35. The molecule has 3 atom stereocenters. The van der Waals surface area contributed by atoms with Crippen molar-refractivity contribution in [2.75, 3.05) is 0 Å². The number of hydrogen-bond acceptors (Lipinski definition) is 3. The van der Waals surface area contributed by atoms with Gasteiger partial charge in [-0.3, -0.25) is 4.79 Å². The molecule has 3 unspecified atom stereocenters. The second-order valence-electron chi connectivity index (χ2n) is 4.33. The molecule has 0 bridgehead atoms. The number of aliphatic hydroxyl groups excluding tert-OH is 1. The van der Waals surface area contributed by atoms with Crippen LogP contribution >= 0.6 is 0 Å². The molecule has 0 amide bonds. The first kappa shape index (κ1) is 9.00. The molecule has 0 aromatic heterocycles. The van der Waals surface area contributed by atoms with Crippen LogP contribution in [-0.4, -0.2) is 22.8 Å². The molecule has 0 aromatic rings. The van der Waals surface area contributed by atoms with E-state index in [9.17, 15) is 9.90 Å². The van der Waals surface area contributed by atoms with Crippen molar-refractivity contribution in [3.63, 3.8) is 0 Å². The molecule has 1 spiro atoms. The molecule has 3 nitrogen and oxygen atoms in total. The van der Waals surface area contributed by atoms with Crippen LogP contribution < -0.4 is 0 Å². The monoisotopic (exact) mass is 184 g/mol. The van der Waals surface area contributed by atoms with E-state index in [4.69, 9.17) is 4.74 Å². The van der Waals surface area contributed by atoms with Crippen molar-refractivity contribution in [2.45, 2.75) is 50.7 Å². The van der Waals surface area contributed by atoms with Crippen molar-refractivity contribution < 1.29 is 14.6 Å². The summed E-state index contributed by atoms with van der Waals surface area (Å²) >= 11 is 0. The van der Waals surface area contributed by atoms with Gasteiger partial charge < -0.3 is 9.84 Å². The summed E-state index contributed by atoms with van der Waals surface area (Å²) in [6, 6.07) is 0. The lowest BCUT2D eigenvalue weighted by molar-refractivity contribution is -0.185. The second-order valence-corrected chi connectivity index (χ2v) is 4.33. The summed E-state index contributed by atoms with van der Waals surface area (Å²) in [5, 5.41) is 9.73. The summed E-state index contributed by atoms with van der Waals surface area (Å²) in [5.41, 5.74) is -0.510. The zero-order valence-corrected chi connectivity index (χ0v) is 7.95. The maximum atomic E-state index is 11.4. The topological polar surface area (TPSA) is 46.5 Å². The van der Waals surface area contributed by atoms with E-state index in [2.05, 4.69) is 0 Å². The van der Waals surface area contributed by atoms with Crippen LogP contribution in [0.2, 0.25) is 0 Å². The van der Waals surface area contributed by atoms with Gasteiger partial charge in [-0.25, -0.2) is 0 Å². The lowest BCUT2D eigenvalue weighted by atomic mass is 9.86. The molecule has 1 aliphatic carbocycles. The van der Waals surface area contributed by atoms with Gasteiger partial charge in [0.2, 0.25) is 0 Å². The third-order valence-corrected chi connectivity index (χ3v) is 3.39. The molecule has 3 heteroatoms. The Bertz CT molecular complexity index is 226. The summed E-state index contributed by atoms with van der Waals surface area (Å²) in [7, 11) is 0. The number of esters is 1. The van der Waals surface area contributed by atoms with Gasteiger partial charge in [0, 0.05) is 0 Å². The van der Waals surface area contributed by atoms with Crippen molar-refractivity contribution in [3.8, 4) is 0 Å². The van der Waals surface area contributed by atoms with Crippen molar-refractivity contribution in [2.24, 2.45) is 5.92 Å². The van der Waals surface area contributed by atoms with Gasteiger partial charge in [-0.15, -0.1) is 0 Å². The fourth-order valence-electron chi connectivity index (χ4n) is 2.37. The minimum Gasteiger partial charge on any atom is -0.456 e. The van der Waals surface area contributed by atoms with Crippen molar-refractivity contribution in [1.82, 2.24) is 0 Å². The molecular formula is C10H16O3. The fraction of sp³-hybridized carbons (Fsp3) is 0.900. The predicted molar refractivity (Wildman–Crippen MR) is 47.1 cm³/mol. The number of carbonyl (C=O) groups excluding carboxylic acids is 1. The first-order valence-electron chi connectivity index (χ1n) is 5.05. The molecule has 0 radical (unpaired) electrons. The van der Waals surface area contributed by atoms with Crippen LogP contribution in [0, 0.1) is 5.92 Å². The highest BCUT2D eigenvalue weighted by Crippen LogP contribution is 2.41. The molecule has 2 aliphatic rings. The third-order valence-electron chi connectivity index (χ3n) is 3.39. The molecule has 1 N–H and O–H groups in total. The van der Waals surface area contributed by atoms with Crippen LogP contribution in [0.5, 0.6) is 0 Å². The maximum Gasteiger partial charge on any atom is 0.309 e. The van der Waals surface area contributed by atoms with E-state index in [1.807, 2.05) is 6.92 Å². The van der Waals surface area contributed by atoms with Gasteiger partial charge in [0.15, 0.2) is 0 Å². The smallest absolute Gasteiger partial charge is 0.309 e. The Morgan fingerprint density at radius 1 is 1.46 bits per heavy atom. The quantitative estimate of drug-likeness (QED) is 0.576. The Morgan fingerprint density at radius 2 is 2.23 bits per heavy atom. The highest BCUT2D eigenvalue weighted by Gasteiger charge is 2.48. The van der Waals surface area contributed by atoms with E-state index in [1.54, 1.807) is 0 Å². The van der Waals surface area contributed by atoms with Crippen LogP contribution in [0.15, 0.2) is 0 Å². The van der Waals surface area contributed by atoms with Gasteiger partial charge in [0.25, 0.3) is 0 Å². The Balaban J connectivity index is 2.12. The minimum atomic E-state index is -0.510. The Hall–Kier alpha value is -0.570. The second kappa shape index (κ2) is 2.98. The molecule has 2 rings (SSSR count). The van der Waals surface area contributed by atoms with Crippen molar-refractivity contribution >= 4 is 5.97 Å². The number of aliphatic hydroxyl groups is 1. The molecule has 13 heavy (non-hydrogen) atoms. The van der Waals surface area contributed by atoms with E-state index in [1.165, 1.54) is 0 Å². The van der Waals surface area contributed by atoms with Crippen molar-refractivity contribution in [3.05, 3.63) is 0 Å². The minimum absolute atomic E-state index is 0.0124. The molecule has 1 aliphatic heterocycles. The summed E-state index contributed by atoms with van der Waals surface area (Å²) in [5.74, 6) is -0.120. The molecule has 74 valence electrons. The molecule has 1 saturated heterocycles. The first-order valence-corrected chi connectivity index (χ1v) is 5.05. The number of hydrogen-bond donors (Lipinski definition) is 1. The summed E-state index contributed by atoms with van der Waals surface area (Å²) < 4.78 is 5.37. The van der Waals surface area contributed by atoms with E-state index in [-0.39, 0.29) is 11.9 Å².